The van der Waals surface area contributed by atoms with Crippen LogP contribution < -0.4 is 4.74 Å². The second kappa shape index (κ2) is 6.93. The van der Waals surface area contributed by atoms with Crippen LogP contribution >= 0.6 is 0 Å². The molecule has 1 aromatic heterocycles. The van der Waals surface area contributed by atoms with Crippen molar-refractivity contribution in [3.05, 3.63) is 29.8 Å². The van der Waals surface area contributed by atoms with E-state index in [0.29, 0.717) is 24.0 Å². The van der Waals surface area contributed by atoms with Gasteiger partial charge in [-0.15, -0.1) is 0 Å². The summed E-state index contributed by atoms with van der Waals surface area (Å²) in [6.45, 7) is 0.706. The lowest BCUT2D eigenvalue weighted by Crippen LogP contribution is -2.15. The first-order chi connectivity index (χ1) is 9.65. The van der Waals surface area contributed by atoms with Crippen molar-refractivity contribution in [3.63, 3.8) is 0 Å². The van der Waals surface area contributed by atoms with Crippen LogP contribution in [-0.2, 0) is 4.79 Å². The normalized spacial score (nSPS) is 16.9. The molecule has 2 rings (SSSR count). The van der Waals surface area contributed by atoms with Crippen LogP contribution in [0, 0.1) is 5.92 Å². The highest BCUT2D eigenvalue weighted by molar-refractivity contribution is 5.88. The second-order valence-electron chi connectivity index (χ2n) is 5.07. The quantitative estimate of drug-likeness (QED) is 0.638. The molecule has 0 saturated heterocycles. The van der Waals surface area contributed by atoms with Crippen LogP contribution in [-0.4, -0.2) is 27.8 Å². The number of carboxylic acid groups (broad SMARTS) is 1. The number of pyridine rings is 1. The van der Waals surface area contributed by atoms with Gasteiger partial charge in [-0.3, -0.25) is 4.98 Å². The van der Waals surface area contributed by atoms with Crippen molar-refractivity contribution in [2.24, 2.45) is 5.92 Å². The summed E-state index contributed by atoms with van der Waals surface area (Å²) in [4.78, 5) is 14.5. The molecule has 0 atom stereocenters. The Labute approximate surface area is 117 Å². The Bertz CT molecular complexity index is 475. The summed E-state index contributed by atoms with van der Waals surface area (Å²) < 4.78 is 5.69. The maximum absolute atomic E-state index is 10.5. The average Bonchev–Trinajstić information content (AvgIpc) is 2.47. The van der Waals surface area contributed by atoms with Crippen LogP contribution in [0.15, 0.2) is 24.1 Å². The van der Waals surface area contributed by atoms with E-state index in [1.807, 2.05) is 0 Å². The maximum atomic E-state index is 10.5. The Morgan fingerprint density at radius 1 is 1.30 bits per heavy atom. The molecular formula is C15H19NO4. The number of hydrogen-bond donors (Lipinski definition) is 2. The first kappa shape index (κ1) is 14.4. The molecular weight excluding hydrogens is 258 g/mol. The van der Waals surface area contributed by atoms with E-state index < -0.39 is 11.7 Å². The predicted octanol–water partition coefficient (Wildman–Crippen LogP) is 3.02. The molecule has 1 aliphatic rings. The lowest BCUT2D eigenvalue weighted by molar-refractivity contribution is -0.135. The average molecular weight is 277 g/mol. The summed E-state index contributed by atoms with van der Waals surface area (Å²) >= 11 is 0. The largest absolute Gasteiger partial charge is 0.502 e. The number of aliphatic hydroxyl groups excluding tert-OH is 1. The van der Waals surface area contributed by atoms with Gasteiger partial charge in [0, 0.05) is 6.08 Å². The number of carbonyl (C=O) groups is 1. The van der Waals surface area contributed by atoms with Gasteiger partial charge in [-0.2, -0.15) is 0 Å². The number of carboxylic acids is 1. The summed E-state index contributed by atoms with van der Waals surface area (Å²) in [6, 6.07) is 3.35. The first-order valence-electron chi connectivity index (χ1n) is 6.88. The second-order valence-corrected chi connectivity index (χ2v) is 5.07. The fraction of sp³-hybridized carbons (Fsp3) is 0.467. The summed E-state index contributed by atoms with van der Waals surface area (Å²) in [5.74, 6) is -0.806. The minimum atomic E-state index is -1.37. The van der Waals surface area contributed by atoms with Crippen molar-refractivity contribution < 1.29 is 19.7 Å². The van der Waals surface area contributed by atoms with Crippen molar-refractivity contribution in [1.29, 1.82) is 0 Å². The number of hydrogen-bond acceptors (Lipinski definition) is 4. The zero-order valence-electron chi connectivity index (χ0n) is 11.3. The number of aliphatic hydroxyl groups is 1. The van der Waals surface area contributed by atoms with Crippen molar-refractivity contribution in [2.45, 2.75) is 32.1 Å². The van der Waals surface area contributed by atoms with Gasteiger partial charge >= 0.3 is 5.97 Å². The zero-order valence-corrected chi connectivity index (χ0v) is 11.3. The zero-order chi connectivity index (χ0) is 14.4. The van der Waals surface area contributed by atoms with Gasteiger partial charge in [0.1, 0.15) is 5.75 Å². The van der Waals surface area contributed by atoms with Crippen LogP contribution in [0.25, 0.3) is 6.08 Å². The Hall–Kier alpha value is -2.04. The van der Waals surface area contributed by atoms with Crippen LogP contribution in [0.2, 0.25) is 0 Å². The van der Waals surface area contributed by atoms with Gasteiger partial charge in [0.05, 0.1) is 18.5 Å². The van der Waals surface area contributed by atoms with Gasteiger partial charge in [-0.1, -0.05) is 19.3 Å². The number of aliphatic carboxylic acids is 1. The van der Waals surface area contributed by atoms with Crippen LogP contribution in [0.3, 0.4) is 0 Å². The molecule has 2 N–H and O–H groups in total. The molecule has 0 bridgehead atoms. The molecule has 0 spiro atoms. The molecule has 5 nitrogen and oxygen atoms in total. The number of ether oxygens (including phenoxy) is 1. The van der Waals surface area contributed by atoms with E-state index in [9.17, 15) is 4.79 Å². The van der Waals surface area contributed by atoms with E-state index in [1.165, 1.54) is 32.1 Å². The monoisotopic (exact) mass is 277 g/mol. The highest BCUT2D eigenvalue weighted by Crippen LogP contribution is 2.24. The fourth-order valence-electron chi connectivity index (χ4n) is 2.33. The van der Waals surface area contributed by atoms with E-state index in [2.05, 4.69) is 4.98 Å². The van der Waals surface area contributed by atoms with Gasteiger partial charge in [-0.05, 0) is 30.9 Å². The minimum Gasteiger partial charge on any atom is -0.502 e. The van der Waals surface area contributed by atoms with Crippen LogP contribution in [0.5, 0.6) is 5.75 Å². The molecule has 1 aromatic rings. The van der Waals surface area contributed by atoms with Gasteiger partial charge in [0.25, 0.3) is 0 Å². The summed E-state index contributed by atoms with van der Waals surface area (Å²) in [7, 11) is 0. The minimum absolute atomic E-state index is 0.384. The van der Waals surface area contributed by atoms with E-state index in [4.69, 9.17) is 14.9 Å². The predicted molar refractivity (Wildman–Crippen MR) is 74.5 cm³/mol. The SMILES string of the molecule is O=C(O)C(O)=Cc1ccc(OCC2CCCCC2)cn1. The topological polar surface area (TPSA) is 79.7 Å². The van der Waals surface area contributed by atoms with E-state index >= 15 is 0 Å². The standard InChI is InChI=1S/C15H19NO4/c17-14(15(18)19)8-12-6-7-13(9-16-12)20-10-11-4-2-1-3-5-11/h6-9,11,17H,1-5,10H2,(H,18,19). The number of nitrogens with zero attached hydrogens (tertiary/aromatic N) is 1. The van der Waals surface area contributed by atoms with Gasteiger partial charge in [0.15, 0.2) is 0 Å². The van der Waals surface area contributed by atoms with Crippen molar-refractivity contribution in [1.82, 2.24) is 4.98 Å². The summed E-state index contributed by atoms with van der Waals surface area (Å²) in [6.07, 6.45) is 8.99. The molecule has 0 amide bonds. The molecule has 1 heterocycles. The van der Waals surface area contributed by atoms with Crippen molar-refractivity contribution in [3.8, 4) is 5.75 Å². The fourth-order valence-corrected chi connectivity index (χ4v) is 2.33. The molecule has 0 aromatic carbocycles. The van der Waals surface area contributed by atoms with Gasteiger partial charge in [0.2, 0.25) is 5.76 Å². The molecule has 20 heavy (non-hydrogen) atoms. The van der Waals surface area contributed by atoms with E-state index in [1.54, 1.807) is 18.3 Å². The van der Waals surface area contributed by atoms with Crippen molar-refractivity contribution in [2.75, 3.05) is 6.61 Å². The summed E-state index contributed by atoms with van der Waals surface area (Å²) in [5, 5.41) is 17.7. The number of rotatable bonds is 5. The Balaban J connectivity index is 1.88. The Kier molecular flexibility index (Phi) is 4.98. The lowest BCUT2D eigenvalue weighted by atomic mass is 9.90. The lowest BCUT2D eigenvalue weighted by Gasteiger charge is -2.21. The molecule has 1 fully saturated rings. The molecule has 0 radical (unpaired) electrons. The molecule has 1 aliphatic carbocycles. The highest BCUT2D eigenvalue weighted by Gasteiger charge is 2.14. The third kappa shape index (κ3) is 4.26. The Morgan fingerprint density at radius 3 is 2.65 bits per heavy atom. The Morgan fingerprint density at radius 2 is 2.05 bits per heavy atom. The van der Waals surface area contributed by atoms with Crippen molar-refractivity contribution >= 4 is 12.0 Å². The summed E-state index contributed by atoms with van der Waals surface area (Å²) in [5.41, 5.74) is 0.384. The third-order valence-corrected chi connectivity index (χ3v) is 3.47. The smallest absolute Gasteiger partial charge is 0.371 e. The molecule has 0 aliphatic heterocycles. The van der Waals surface area contributed by atoms with Crippen LogP contribution in [0.1, 0.15) is 37.8 Å². The number of aromatic nitrogens is 1. The van der Waals surface area contributed by atoms with Gasteiger partial charge < -0.3 is 14.9 Å². The molecule has 108 valence electrons. The third-order valence-electron chi connectivity index (χ3n) is 3.47. The molecule has 0 unspecified atom stereocenters. The van der Waals surface area contributed by atoms with Gasteiger partial charge in [-0.25, -0.2) is 4.79 Å². The maximum Gasteiger partial charge on any atom is 0.371 e. The van der Waals surface area contributed by atoms with Crippen LogP contribution in [0.4, 0.5) is 0 Å². The molecule has 5 heteroatoms. The highest BCUT2D eigenvalue weighted by atomic mass is 16.5. The first-order valence-corrected chi connectivity index (χ1v) is 6.88. The van der Waals surface area contributed by atoms with E-state index in [0.717, 1.165) is 6.08 Å². The molecule has 1 saturated carbocycles. The van der Waals surface area contributed by atoms with E-state index in [-0.39, 0.29) is 0 Å².